The molecule has 2 rings (SSSR count). The maximum absolute atomic E-state index is 12.1. The number of hydrogen-bond acceptors (Lipinski definition) is 4. The molecule has 1 fully saturated rings. The van der Waals surface area contributed by atoms with Crippen LogP contribution in [-0.2, 0) is 4.79 Å². The van der Waals surface area contributed by atoms with E-state index in [1.165, 1.54) is 18.5 Å². The van der Waals surface area contributed by atoms with E-state index in [2.05, 4.69) is 10.3 Å². The lowest BCUT2D eigenvalue weighted by Crippen LogP contribution is -2.47. The average Bonchev–Trinajstić information content (AvgIpc) is 2.76. The third kappa shape index (κ3) is 3.21. The van der Waals surface area contributed by atoms with E-state index < -0.39 is 17.4 Å². The smallest absolute Gasteiger partial charge is 0.305 e. The maximum Gasteiger partial charge on any atom is 0.305 e. The van der Waals surface area contributed by atoms with Crippen LogP contribution in [0.4, 0.5) is 0 Å². The van der Waals surface area contributed by atoms with Gasteiger partial charge >= 0.3 is 5.97 Å². The summed E-state index contributed by atoms with van der Waals surface area (Å²) in [6.07, 6.45) is 5.65. The van der Waals surface area contributed by atoms with Gasteiger partial charge in [-0.1, -0.05) is 12.8 Å². The van der Waals surface area contributed by atoms with Crippen molar-refractivity contribution in [2.45, 2.75) is 37.6 Å². The van der Waals surface area contributed by atoms with Crippen LogP contribution in [0.2, 0.25) is 0 Å². The Bertz CT molecular complexity index is 495. The highest BCUT2D eigenvalue weighted by Gasteiger charge is 2.37. The molecule has 3 N–H and O–H groups in total. The second-order valence-corrected chi connectivity index (χ2v) is 4.94. The molecule has 1 amide bonds. The van der Waals surface area contributed by atoms with Crippen LogP contribution in [0.3, 0.4) is 0 Å². The molecule has 19 heavy (non-hydrogen) atoms. The molecule has 1 aromatic rings. The van der Waals surface area contributed by atoms with Gasteiger partial charge in [0, 0.05) is 6.20 Å². The Morgan fingerprint density at radius 1 is 1.32 bits per heavy atom. The fraction of sp³-hybridized carbons (Fsp3) is 0.462. The van der Waals surface area contributed by atoms with Gasteiger partial charge in [-0.2, -0.15) is 0 Å². The number of aromatic nitrogens is 1. The Balaban J connectivity index is 2.13. The van der Waals surface area contributed by atoms with Crippen LogP contribution in [-0.4, -0.2) is 32.6 Å². The van der Waals surface area contributed by atoms with Crippen LogP contribution < -0.4 is 5.32 Å². The minimum absolute atomic E-state index is 0.0784. The molecule has 0 spiro atoms. The molecule has 102 valence electrons. The normalized spacial score (nSPS) is 17.1. The van der Waals surface area contributed by atoms with Gasteiger partial charge in [0.25, 0.3) is 5.91 Å². The van der Waals surface area contributed by atoms with E-state index in [4.69, 9.17) is 5.11 Å². The van der Waals surface area contributed by atoms with Gasteiger partial charge in [-0.05, 0) is 18.9 Å². The van der Waals surface area contributed by atoms with Gasteiger partial charge in [0.15, 0.2) is 0 Å². The van der Waals surface area contributed by atoms with E-state index in [1.54, 1.807) is 0 Å². The minimum Gasteiger partial charge on any atom is -0.506 e. The summed E-state index contributed by atoms with van der Waals surface area (Å²) in [7, 11) is 0. The van der Waals surface area contributed by atoms with E-state index in [9.17, 15) is 14.7 Å². The summed E-state index contributed by atoms with van der Waals surface area (Å²) in [6, 6.07) is 1.31. The maximum atomic E-state index is 12.1. The van der Waals surface area contributed by atoms with Crippen molar-refractivity contribution in [1.29, 1.82) is 0 Å². The summed E-state index contributed by atoms with van der Waals surface area (Å²) in [6.45, 7) is 0. The quantitative estimate of drug-likeness (QED) is 0.761. The second-order valence-electron chi connectivity index (χ2n) is 4.94. The zero-order valence-electron chi connectivity index (χ0n) is 10.4. The molecule has 0 unspecified atom stereocenters. The molecule has 1 aromatic heterocycles. The van der Waals surface area contributed by atoms with Crippen molar-refractivity contribution in [3.63, 3.8) is 0 Å². The van der Waals surface area contributed by atoms with E-state index in [-0.39, 0.29) is 17.7 Å². The first-order valence-corrected chi connectivity index (χ1v) is 6.19. The fourth-order valence-corrected chi connectivity index (χ4v) is 2.55. The van der Waals surface area contributed by atoms with Crippen LogP contribution >= 0.6 is 0 Å². The molecule has 0 bridgehead atoms. The van der Waals surface area contributed by atoms with Gasteiger partial charge in [0.1, 0.15) is 5.75 Å². The largest absolute Gasteiger partial charge is 0.506 e. The lowest BCUT2D eigenvalue weighted by Gasteiger charge is -2.28. The average molecular weight is 264 g/mol. The van der Waals surface area contributed by atoms with Crippen LogP contribution in [0.1, 0.15) is 42.5 Å². The van der Waals surface area contributed by atoms with Crippen LogP contribution in [0.15, 0.2) is 18.5 Å². The number of nitrogens with zero attached hydrogens (tertiary/aromatic N) is 1. The highest BCUT2D eigenvalue weighted by Crippen LogP contribution is 2.33. The SMILES string of the molecule is O=C(O)CC1(NC(=O)c2cncc(O)c2)CCCC1. The number of carbonyl (C=O) groups excluding carboxylic acids is 1. The summed E-state index contributed by atoms with van der Waals surface area (Å²) in [5, 5.41) is 21.1. The number of carbonyl (C=O) groups is 2. The summed E-state index contributed by atoms with van der Waals surface area (Å²) in [5.74, 6) is -1.41. The highest BCUT2D eigenvalue weighted by atomic mass is 16.4. The minimum atomic E-state index is -0.920. The number of rotatable bonds is 4. The Labute approximate surface area is 110 Å². The Morgan fingerprint density at radius 3 is 2.58 bits per heavy atom. The number of aliphatic carboxylic acids is 1. The van der Waals surface area contributed by atoms with Crippen molar-refractivity contribution >= 4 is 11.9 Å². The molecule has 1 saturated carbocycles. The number of carboxylic acid groups (broad SMARTS) is 1. The lowest BCUT2D eigenvalue weighted by atomic mass is 9.93. The summed E-state index contributed by atoms with van der Waals surface area (Å²) in [5.41, 5.74) is -0.439. The van der Waals surface area contributed by atoms with Gasteiger partial charge in [-0.3, -0.25) is 14.6 Å². The highest BCUT2D eigenvalue weighted by molar-refractivity contribution is 5.95. The van der Waals surface area contributed by atoms with E-state index in [0.717, 1.165) is 12.8 Å². The predicted octanol–water partition coefficient (Wildman–Crippen LogP) is 1.30. The molecular formula is C13H16N2O4. The van der Waals surface area contributed by atoms with Gasteiger partial charge < -0.3 is 15.5 Å². The van der Waals surface area contributed by atoms with Crippen molar-refractivity contribution in [3.05, 3.63) is 24.0 Å². The molecular weight excluding hydrogens is 248 g/mol. The molecule has 6 nitrogen and oxygen atoms in total. The fourth-order valence-electron chi connectivity index (χ4n) is 2.55. The lowest BCUT2D eigenvalue weighted by molar-refractivity contribution is -0.138. The van der Waals surface area contributed by atoms with E-state index >= 15 is 0 Å². The van der Waals surface area contributed by atoms with Crippen molar-refractivity contribution < 1.29 is 19.8 Å². The molecule has 0 aromatic carbocycles. The Morgan fingerprint density at radius 2 is 2.00 bits per heavy atom. The molecule has 0 atom stereocenters. The van der Waals surface area contributed by atoms with E-state index in [0.29, 0.717) is 12.8 Å². The van der Waals surface area contributed by atoms with Crippen LogP contribution in [0.5, 0.6) is 5.75 Å². The van der Waals surface area contributed by atoms with Crippen LogP contribution in [0, 0.1) is 0 Å². The van der Waals surface area contributed by atoms with Gasteiger partial charge in [0.05, 0.1) is 23.7 Å². The summed E-state index contributed by atoms with van der Waals surface area (Å²) < 4.78 is 0. The van der Waals surface area contributed by atoms with Gasteiger partial charge in [-0.15, -0.1) is 0 Å². The number of nitrogens with one attached hydrogen (secondary N) is 1. The Hall–Kier alpha value is -2.11. The van der Waals surface area contributed by atoms with Crippen molar-refractivity contribution in [2.24, 2.45) is 0 Å². The summed E-state index contributed by atoms with van der Waals surface area (Å²) >= 11 is 0. The summed E-state index contributed by atoms with van der Waals surface area (Å²) in [4.78, 5) is 26.7. The number of aromatic hydroxyl groups is 1. The standard InChI is InChI=1S/C13H16N2O4/c16-10-5-9(7-14-8-10)12(19)15-13(6-11(17)18)3-1-2-4-13/h5,7-8,16H,1-4,6H2,(H,15,19)(H,17,18). The van der Waals surface area contributed by atoms with Crippen molar-refractivity contribution in [2.75, 3.05) is 0 Å². The van der Waals surface area contributed by atoms with Crippen molar-refractivity contribution in [3.8, 4) is 5.75 Å². The van der Waals surface area contributed by atoms with E-state index in [1.807, 2.05) is 0 Å². The first kappa shape index (κ1) is 13.3. The van der Waals surface area contributed by atoms with Gasteiger partial charge in [0.2, 0.25) is 0 Å². The first-order chi connectivity index (χ1) is 9.01. The molecule has 0 radical (unpaired) electrons. The molecule has 6 heteroatoms. The first-order valence-electron chi connectivity index (χ1n) is 6.19. The monoisotopic (exact) mass is 264 g/mol. The predicted molar refractivity (Wildman–Crippen MR) is 66.8 cm³/mol. The third-order valence-corrected chi connectivity index (χ3v) is 3.41. The van der Waals surface area contributed by atoms with Crippen molar-refractivity contribution in [1.82, 2.24) is 10.3 Å². The zero-order chi connectivity index (χ0) is 13.9. The second kappa shape index (κ2) is 5.26. The topological polar surface area (TPSA) is 99.5 Å². The van der Waals surface area contributed by atoms with Crippen LogP contribution in [0.25, 0.3) is 0 Å². The van der Waals surface area contributed by atoms with Gasteiger partial charge in [-0.25, -0.2) is 0 Å². The third-order valence-electron chi connectivity index (χ3n) is 3.41. The molecule has 1 heterocycles. The number of amides is 1. The number of pyridine rings is 1. The Kier molecular flexibility index (Phi) is 3.69. The molecule has 0 aliphatic heterocycles. The number of hydrogen-bond donors (Lipinski definition) is 3. The molecule has 1 aliphatic rings. The zero-order valence-corrected chi connectivity index (χ0v) is 10.4. The molecule has 0 saturated heterocycles. The molecule has 1 aliphatic carbocycles. The number of carboxylic acids is 1.